The number of rotatable bonds is 3. The SMILES string of the molecule is CON(C)c1c(N)c(C)nn1C(C)C. The third-order valence-electron chi connectivity index (χ3n) is 2.17. The third-order valence-corrected chi connectivity index (χ3v) is 2.17. The summed E-state index contributed by atoms with van der Waals surface area (Å²) in [5.74, 6) is 0.806. The second kappa shape index (κ2) is 3.88. The van der Waals surface area contributed by atoms with Crippen molar-refractivity contribution in [3.8, 4) is 0 Å². The Hall–Kier alpha value is -1.23. The van der Waals surface area contributed by atoms with Crippen molar-refractivity contribution < 1.29 is 4.84 Å². The molecule has 5 heteroatoms. The second-order valence-corrected chi connectivity index (χ2v) is 3.54. The van der Waals surface area contributed by atoms with Gasteiger partial charge >= 0.3 is 0 Å². The zero-order valence-electron chi connectivity index (χ0n) is 9.40. The summed E-state index contributed by atoms with van der Waals surface area (Å²) in [5.41, 5.74) is 7.41. The number of aromatic nitrogens is 2. The summed E-state index contributed by atoms with van der Waals surface area (Å²) in [5, 5.41) is 5.97. The molecule has 0 spiro atoms. The van der Waals surface area contributed by atoms with E-state index in [0.717, 1.165) is 11.5 Å². The van der Waals surface area contributed by atoms with Crippen LogP contribution in [-0.2, 0) is 4.84 Å². The van der Waals surface area contributed by atoms with Crippen molar-refractivity contribution in [3.63, 3.8) is 0 Å². The zero-order chi connectivity index (χ0) is 10.9. The van der Waals surface area contributed by atoms with E-state index in [-0.39, 0.29) is 6.04 Å². The summed E-state index contributed by atoms with van der Waals surface area (Å²) in [6.45, 7) is 6.00. The van der Waals surface area contributed by atoms with Gasteiger partial charge in [-0.1, -0.05) is 0 Å². The molecule has 0 atom stereocenters. The van der Waals surface area contributed by atoms with Crippen LogP contribution >= 0.6 is 0 Å². The van der Waals surface area contributed by atoms with Crippen LogP contribution in [0.4, 0.5) is 11.5 Å². The van der Waals surface area contributed by atoms with E-state index in [0.29, 0.717) is 5.69 Å². The Kier molecular flexibility index (Phi) is 3.00. The minimum Gasteiger partial charge on any atom is -0.394 e. The van der Waals surface area contributed by atoms with Gasteiger partial charge in [0.1, 0.15) is 0 Å². The van der Waals surface area contributed by atoms with Gasteiger partial charge in [0.15, 0.2) is 5.82 Å². The maximum atomic E-state index is 5.91. The van der Waals surface area contributed by atoms with Crippen LogP contribution in [0.15, 0.2) is 0 Å². The predicted octanol–water partition coefficient (Wildman–Crippen LogP) is 1.35. The van der Waals surface area contributed by atoms with Gasteiger partial charge in [-0.05, 0) is 20.8 Å². The molecule has 0 saturated heterocycles. The average Bonchev–Trinajstić information content (AvgIpc) is 2.43. The second-order valence-electron chi connectivity index (χ2n) is 3.54. The lowest BCUT2D eigenvalue weighted by Crippen LogP contribution is -2.21. The van der Waals surface area contributed by atoms with Crippen molar-refractivity contribution in [2.45, 2.75) is 26.8 Å². The standard InChI is InChI=1S/C9H18N4O/c1-6(2)13-9(12(4)14-5)8(10)7(3)11-13/h6H,10H2,1-5H3. The molecule has 0 aliphatic carbocycles. The van der Waals surface area contributed by atoms with E-state index in [1.807, 2.05) is 18.7 Å². The molecule has 0 fully saturated rings. The van der Waals surface area contributed by atoms with E-state index in [1.54, 1.807) is 12.2 Å². The Balaban J connectivity index is 3.23. The smallest absolute Gasteiger partial charge is 0.174 e. The highest BCUT2D eigenvalue weighted by Crippen LogP contribution is 2.28. The first-order valence-corrected chi connectivity index (χ1v) is 4.61. The van der Waals surface area contributed by atoms with Crippen molar-refractivity contribution >= 4 is 11.5 Å². The fourth-order valence-corrected chi connectivity index (χ4v) is 1.31. The minimum atomic E-state index is 0.263. The van der Waals surface area contributed by atoms with E-state index < -0.39 is 0 Å². The van der Waals surface area contributed by atoms with E-state index in [9.17, 15) is 0 Å². The number of anilines is 2. The van der Waals surface area contributed by atoms with Gasteiger partial charge < -0.3 is 5.73 Å². The number of hydroxylamine groups is 1. The highest BCUT2D eigenvalue weighted by Gasteiger charge is 2.17. The third kappa shape index (κ3) is 1.68. The van der Waals surface area contributed by atoms with Gasteiger partial charge in [-0.3, -0.25) is 4.84 Å². The Morgan fingerprint density at radius 1 is 1.50 bits per heavy atom. The van der Waals surface area contributed by atoms with Gasteiger partial charge in [-0.2, -0.15) is 5.10 Å². The van der Waals surface area contributed by atoms with Crippen LogP contribution in [0.5, 0.6) is 0 Å². The molecule has 0 unspecified atom stereocenters. The molecular formula is C9H18N4O. The number of hydrogen-bond donors (Lipinski definition) is 1. The van der Waals surface area contributed by atoms with Crippen molar-refractivity contribution in [3.05, 3.63) is 5.69 Å². The first-order chi connectivity index (χ1) is 6.49. The molecule has 1 aromatic heterocycles. The molecule has 0 aliphatic heterocycles. The highest BCUT2D eigenvalue weighted by atomic mass is 16.7. The molecule has 0 aromatic carbocycles. The summed E-state index contributed by atoms with van der Waals surface area (Å²) >= 11 is 0. The van der Waals surface area contributed by atoms with Gasteiger partial charge in [0.2, 0.25) is 0 Å². The largest absolute Gasteiger partial charge is 0.394 e. The first-order valence-electron chi connectivity index (χ1n) is 4.61. The summed E-state index contributed by atoms with van der Waals surface area (Å²) in [6, 6.07) is 0.263. The monoisotopic (exact) mass is 198 g/mol. The lowest BCUT2D eigenvalue weighted by molar-refractivity contribution is 0.178. The molecule has 1 heterocycles. The van der Waals surface area contributed by atoms with Gasteiger partial charge in [0, 0.05) is 13.1 Å². The van der Waals surface area contributed by atoms with Crippen LogP contribution in [0.3, 0.4) is 0 Å². The fraction of sp³-hybridized carbons (Fsp3) is 0.667. The van der Waals surface area contributed by atoms with Crippen LogP contribution in [0.1, 0.15) is 25.6 Å². The van der Waals surface area contributed by atoms with Crippen LogP contribution in [0.25, 0.3) is 0 Å². The molecule has 0 aliphatic rings. The topological polar surface area (TPSA) is 56.3 Å². The van der Waals surface area contributed by atoms with Crippen LogP contribution < -0.4 is 10.8 Å². The maximum Gasteiger partial charge on any atom is 0.174 e. The molecule has 0 saturated carbocycles. The molecule has 80 valence electrons. The Bertz CT molecular complexity index is 319. The van der Waals surface area contributed by atoms with Crippen molar-refractivity contribution in [2.24, 2.45) is 0 Å². The van der Waals surface area contributed by atoms with Crippen LogP contribution in [0.2, 0.25) is 0 Å². The molecule has 1 aromatic rings. The number of nitrogens with two attached hydrogens (primary N) is 1. The molecule has 0 bridgehead atoms. The van der Waals surface area contributed by atoms with Crippen molar-refractivity contribution in [1.82, 2.24) is 9.78 Å². The Morgan fingerprint density at radius 2 is 2.07 bits per heavy atom. The number of hydrogen-bond acceptors (Lipinski definition) is 4. The molecule has 14 heavy (non-hydrogen) atoms. The van der Waals surface area contributed by atoms with Gasteiger partial charge in [-0.15, -0.1) is 0 Å². The lowest BCUT2D eigenvalue weighted by Gasteiger charge is -2.19. The summed E-state index contributed by atoms with van der Waals surface area (Å²) < 4.78 is 1.86. The normalized spacial score (nSPS) is 11.0. The maximum absolute atomic E-state index is 5.91. The van der Waals surface area contributed by atoms with E-state index >= 15 is 0 Å². The van der Waals surface area contributed by atoms with Gasteiger partial charge in [0.25, 0.3) is 0 Å². The summed E-state index contributed by atoms with van der Waals surface area (Å²) in [6.07, 6.45) is 0. The van der Waals surface area contributed by atoms with E-state index in [1.165, 1.54) is 0 Å². The number of nitrogen functional groups attached to an aromatic ring is 1. The molecule has 5 nitrogen and oxygen atoms in total. The highest BCUT2D eigenvalue weighted by molar-refractivity contribution is 5.64. The van der Waals surface area contributed by atoms with Gasteiger partial charge in [0.05, 0.1) is 18.5 Å². The molecule has 1 rings (SSSR count). The van der Waals surface area contributed by atoms with Crippen LogP contribution in [0, 0.1) is 6.92 Å². The molecule has 2 N–H and O–H groups in total. The van der Waals surface area contributed by atoms with E-state index in [4.69, 9.17) is 10.6 Å². The van der Waals surface area contributed by atoms with Crippen molar-refractivity contribution in [1.29, 1.82) is 0 Å². The fourth-order valence-electron chi connectivity index (χ4n) is 1.31. The first kappa shape index (κ1) is 10.8. The summed E-state index contributed by atoms with van der Waals surface area (Å²) in [7, 11) is 3.41. The summed E-state index contributed by atoms with van der Waals surface area (Å²) in [4.78, 5) is 5.11. The molecular weight excluding hydrogens is 180 g/mol. The lowest BCUT2D eigenvalue weighted by atomic mass is 10.3. The average molecular weight is 198 g/mol. The predicted molar refractivity (Wildman–Crippen MR) is 57.2 cm³/mol. The Morgan fingerprint density at radius 3 is 2.50 bits per heavy atom. The van der Waals surface area contributed by atoms with E-state index in [2.05, 4.69) is 18.9 Å². The minimum absolute atomic E-state index is 0.263. The number of nitrogens with zero attached hydrogens (tertiary/aromatic N) is 3. The Labute approximate surface area is 84.4 Å². The van der Waals surface area contributed by atoms with Crippen molar-refractivity contribution in [2.75, 3.05) is 25.0 Å². The van der Waals surface area contributed by atoms with Gasteiger partial charge in [-0.25, -0.2) is 9.75 Å². The zero-order valence-corrected chi connectivity index (χ0v) is 9.40. The molecule has 0 radical (unpaired) electrons. The quantitative estimate of drug-likeness (QED) is 0.745. The number of aryl methyl sites for hydroxylation is 1. The molecule has 0 amide bonds. The van der Waals surface area contributed by atoms with Crippen LogP contribution in [-0.4, -0.2) is 23.9 Å².